The second kappa shape index (κ2) is 13.4. The summed E-state index contributed by atoms with van der Waals surface area (Å²) in [5.41, 5.74) is 8.10. The van der Waals surface area contributed by atoms with E-state index in [1.54, 1.807) is 42.5 Å². The van der Waals surface area contributed by atoms with Crippen molar-refractivity contribution < 1.29 is 32.6 Å². The van der Waals surface area contributed by atoms with Gasteiger partial charge in [-0.15, -0.1) is 0 Å². The van der Waals surface area contributed by atoms with Crippen LogP contribution in [0, 0.1) is 11.6 Å². The predicted octanol–water partition coefficient (Wildman–Crippen LogP) is 4.79. The van der Waals surface area contributed by atoms with Crippen molar-refractivity contribution in [2.24, 2.45) is 5.73 Å². The number of amides is 2. The molecule has 0 saturated carbocycles. The van der Waals surface area contributed by atoms with Crippen LogP contribution >= 0.6 is 0 Å². The largest absolute Gasteiger partial charge is 0.460 e. The van der Waals surface area contributed by atoms with Gasteiger partial charge in [-0.25, -0.2) is 13.6 Å². The standard InChI is InChI=1S/C30H26F2N4O5/c1-40-11-12-41-30(39)20-7-8-25(31)24(15-20)29(38)35-22-4-2-3-18(13-22)23-14-19(5-6-21(23)16-33)28(37)36-27-9-10-34-17-26(27)32/h2-10,13-15,17H,11-12,16,33H2,1H3,(H,35,38)(H,34,36,37). The van der Waals surface area contributed by atoms with Gasteiger partial charge in [0.1, 0.15) is 12.4 Å². The van der Waals surface area contributed by atoms with Gasteiger partial charge in [-0.05, 0) is 65.2 Å². The molecule has 0 aliphatic heterocycles. The number of benzene rings is 3. The fourth-order valence-electron chi connectivity index (χ4n) is 3.93. The Hall–Kier alpha value is -5.00. The number of nitrogens with one attached hydrogen (secondary N) is 2. The number of pyridine rings is 1. The van der Waals surface area contributed by atoms with Gasteiger partial charge in [0.2, 0.25) is 0 Å². The summed E-state index contributed by atoms with van der Waals surface area (Å²) in [6.07, 6.45) is 2.35. The number of nitrogens with two attached hydrogens (primary N) is 1. The van der Waals surface area contributed by atoms with Crippen LogP contribution in [-0.2, 0) is 16.0 Å². The molecule has 0 atom stereocenters. The van der Waals surface area contributed by atoms with Gasteiger partial charge in [-0.3, -0.25) is 14.6 Å². The molecule has 0 radical (unpaired) electrons. The molecule has 11 heteroatoms. The number of hydrogen-bond acceptors (Lipinski definition) is 7. The fourth-order valence-corrected chi connectivity index (χ4v) is 3.93. The SMILES string of the molecule is COCCOC(=O)c1ccc(F)c(C(=O)Nc2cccc(-c3cc(C(=O)Nc4ccncc4F)ccc3CN)c2)c1. The lowest BCUT2D eigenvalue weighted by Gasteiger charge is -2.13. The zero-order chi connectivity index (χ0) is 29.4. The molecule has 4 rings (SSSR count). The number of hydrogen-bond donors (Lipinski definition) is 3. The van der Waals surface area contributed by atoms with E-state index >= 15 is 0 Å². The zero-order valence-corrected chi connectivity index (χ0v) is 21.9. The van der Waals surface area contributed by atoms with Crippen molar-refractivity contribution >= 4 is 29.2 Å². The number of aromatic nitrogens is 1. The Morgan fingerprint density at radius 3 is 2.44 bits per heavy atom. The molecule has 0 unspecified atom stereocenters. The molecule has 4 aromatic rings. The third-order valence-corrected chi connectivity index (χ3v) is 6.01. The van der Waals surface area contributed by atoms with Crippen LogP contribution in [-0.4, -0.2) is 43.1 Å². The predicted molar refractivity (Wildman–Crippen MR) is 148 cm³/mol. The van der Waals surface area contributed by atoms with E-state index < -0.39 is 29.4 Å². The van der Waals surface area contributed by atoms with Gasteiger partial charge in [0, 0.05) is 31.1 Å². The van der Waals surface area contributed by atoms with E-state index in [1.165, 1.54) is 25.4 Å². The Kier molecular flexibility index (Phi) is 9.46. The number of carbonyl (C=O) groups excluding carboxylic acids is 3. The number of rotatable bonds is 10. The highest BCUT2D eigenvalue weighted by Crippen LogP contribution is 2.28. The molecule has 210 valence electrons. The van der Waals surface area contributed by atoms with Gasteiger partial charge >= 0.3 is 5.97 Å². The molecule has 1 heterocycles. The Labute approximate surface area is 234 Å². The minimum absolute atomic E-state index is 0.00923. The molecule has 3 aromatic carbocycles. The highest BCUT2D eigenvalue weighted by Gasteiger charge is 2.18. The Balaban J connectivity index is 1.56. The summed E-state index contributed by atoms with van der Waals surface area (Å²) in [5, 5.41) is 5.15. The quantitative estimate of drug-likeness (QED) is 0.188. The Morgan fingerprint density at radius 2 is 1.68 bits per heavy atom. The van der Waals surface area contributed by atoms with Crippen LogP contribution in [0.4, 0.5) is 20.2 Å². The molecule has 9 nitrogen and oxygen atoms in total. The maximum Gasteiger partial charge on any atom is 0.338 e. The summed E-state index contributed by atoms with van der Waals surface area (Å²) in [6.45, 7) is 0.361. The number of nitrogens with zero attached hydrogens (tertiary/aromatic N) is 1. The lowest BCUT2D eigenvalue weighted by molar-refractivity contribution is 0.0388. The summed E-state index contributed by atoms with van der Waals surface area (Å²) in [7, 11) is 1.46. The monoisotopic (exact) mass is 560 g/mol. The lowest BCUT2D eigenvalue weighted by Crippen LogP contribution is -2.16. The smallest absolute Gasteiger partial charge is 0.338 e. The normalized spacial score (nSPS) is 10.6. The Bertz CT molecular complexity index is 1600. The van der Waals surface area contributed by atoms with Gasteiger partial charge in [0.05, 0.1) is 29.6 Å². The van der Waals surface area contributed by atoms with Crippen molar-refractivity contribution in [1.29, 1.82) is 0 Å². The average Bonchev–Trinajstić information content (AvgIpc) is 2.98. The zero-order valence-electron chi connectivity index (χ0n) is 21.9. The van der Waals surface area contributed by atoms with Crippen LogP contribution < -0.4 is 16.4 Å². The van der Waals surface area contributed by atoms with Gasteiger partial charge in [0.15, 0.2) is 5.82 Å². The van der Waals surface area contributed by atoms with Crippen LogP contribution in [0.1, 0.15) is 36.6 Å². The molecule has 2 amide bonds. The molecule has 4 N–H and O–H groups in total. The minimum atomic E-state index is -0.818. The topological polar surface area (TPSA) is 133 Å². The van der Waals surface area contributed by atoms with Crippen LogP contribution in [0.15, 0.2) is 79.1 Å². The lowest BCUT2D eigenvalue weighted by atomic mass is 9.96. The van der Waals surface area contributed by atoms with Crippen LogP contribution in [0.3, 0.4) is 0 Å². The van der Waals surface area contributed by atoms with E-state index in [0.29, 0.717) is 22.4 Å². The molecule has 0 bridgehead atoms. The number of esters is 1. The summed E-state index contributed by atoms with van der Waals surface area (Å²) in [4.78, 5) is 41.7. The first-order valence-electron chi connectivity index (χ1n) is 12.4. The number of carbonyl (C=O) groups is 3. The third kappa shape index (κ3) is 7.15. The Morgan fingerprint density at radius 1 is 0.878 bits per heavy atom. The van der Waals surface area contributed by atoms with Crippen molar-refractivity contribution in [3.05, 3.63) is 113 Å². The molecule has 0 aliphatic rings. The summed E-state index contributed by atoms with van der Waals surface area (Å²) < 4.78 is 38.4. The van der Waals surface area contributed by atoms with Gasteiger partial charge < -0.3 is 25.8 Å². The highest BCUT2D eigenvalue weighted by molar-refractivity contribution is 6.07. The average molecular weight is 561 g/mol. The summed E-state index contributed by atoms with van der Waals surface area (Å²) in [5.74, 6) is -3.53. The number of halogens is 2. The van der Waals surface area contributed by atoms with Crippen LogP contribution in [0.5, 0.6) is 0 Å². The number of anilines is 2. The minimum Gasteiger partial charge on any atom is -0.460 e. The molecule has 1 aromatic heterocycles. The molecule has 0 aliphatic carbocycles. The molecular weight excluding hydrogens is 534 g/mol. The van der Waals surface area contributed by atoms with E-state index in [0.717, 1.165) is 18.3 Å². The van der Waals surface area contributed by atoms with Crippen molar-refractivity contribution in [3.8, 4) is 11.1 Å². The maximum atomic E-state index is 14.5. The first kappa shape index (κ1) is 29.0. The molecule has 41 heavy (non-hydrogen) atoms. The van der Waals surface area contributed by atoms with E-state index in [1.807, 2.05) is 0 Å². The molecular formula is C30H26F2N4O5. The maximum absolute atomic E-state index is 14.5. The van der Waals surface area contributed by atoms with E-state index in [4.69, 9.17) is 15.2 Å². The second-order valence-electron chi connectivity index (χ2n) is 8.74. The van der Waals surface area contributed by atoms with Crippen molar-refractivity contribution in [2.75, 3.05) is 31.0 Å². The molecule has 0 fully saturated rings. The van der Waals surface area contributed by atoms with E-state index in [2.05, 4.69) is 15.6 Å². The van der Waals surface area contributed by atoms with Gasteiger partial charge in [-0.1, -0.05) is 18.2 Å². The number of methoxy groups -OCH3 is 1. The van der Waals surface area contributed by atoms with Gasteiger partial charge in [0.25, 0.3) is 11.8 Å². The van der Waals surface area contributed by atoms with E-state index in [-0.39, 0.29) is 42.1 Å². The van der Waals surface area contributed by atoms with Crippen molar-refractivity contribution in [1.82, 2.24) is 4.98 Å². The fraction of sp³-hybridized carbons (Fsp3) is 0.133. The molecule has 0 spiro atoms. The van der Waals surface area contributed by atoms with Crippen LogP contribution in [0.2, 0.25) is 0 Å². The molecule has 0 saturated heterocycles. The highest BCUT2D eigenvalue weighted by atomic mass is 19.1. The first-order valence-corrected chi connectivity index (χ1v) is 12.4. The summed E-state index contributed by atoms with van der Waals surface area (Å²) >= 11 is 0. The van der Waals surface area contributed by atoms with Crippen molar-refractivity contribution in [3.63, 3.8) is 0 Å². The van der Waals surface area contributed by atoms with Crippen LogP contribution in [0.25, 0.3) is 11.1 Å². The second-order valence-corrected chi connectivity index (χ2v) is 8.74. The van der Waals surface area contributed by atoms with E-state index in [9.17, 15) is 23.2 Å². The van der Waals surface area contributed by atoms with Crippen molar-refractivity contribution in [2.45, 2.75) is 6.54 Å². The first-order chi connectivity index (χ1) is 19.8. The summed E-state index contributed by atoms with van der Waals surface area (Å²) in [6, 6.07) is 16.2. The van der Waals surface area contributed by atoms with Gasteiger partial charge in [-0.2, -0.15) is 0 Å². The number of ether oxygens (including phenoxy) is 2. The third-order valence-electron chi connectivity index (χ3n) is 6.01.